The average molecular weight is 659 g/mol. The largest absolute Gasteiger partial charge is 0.324 e. The summed E-state index contributed by atoms with van der Waals surface area (Å²) in [6, 6.07) is 9.98. The van der Waals surface area contributed by atoms with Gasteiger partial charge in [0.1, 0.15) is 34.4 Å². The Bertz CT molecular complexity index is 1950. The molecule has 7 rings (SSSR count). The van der Waals surface area contributed by atoms with Crippen molar-refractivity contribution in [2.45, 2.75) is 25.3 Å². The van der Waals surface area contributed by atoms with Gasteiger partial charge < -0.3 is 10.6 Å². The van der Waals surface area contributed by atoms with Crippen LogP contribution in [0.5, 0.6) is 0 Å². The second-order valence-corrected chi connectivity index (χ2v) is 11.6. The van der Waals surface area contributed by atoms with Gasteiger partial charge in [-0.1, -0.05) is 23.2 Å². The van der Waals surface area contributed by atoms with E-state index in [2.05, 4.69) is 51.7 Å². The maximum Gasteiger partial charge on any atom is 0.324 e. The number of halogens is 2. The molecule has 4 N–H and O–H groups in total. The van der Waals surface area contributed by atoms with Gasteiger partial charge in [-0.3, -0.25) is 30.0 Å². The van der Waals surface area contributed by atoms with E-state index in [0.29, 0.717) is 27.8 Å². The number of amides is 4. The molecule has 4 heterocycles. The summed E-state index contributed by atoms with van der Waals surface area (Å²) in [5.74, 6) is -3.14. The van der Waals surface area contributed by atoms with Gasteiger partial charge in [0.15, 0.2) is 34.9 Å². The van der Waals surface area contributed by atoms with Crippen LogP contribution in [-0.4, -0.2) is 58.7 Å². The van der Waals surface area contributed by atoms with Crippen LogP contribution >= 0.6 is 23.2 Å². The van der Waals surface area contributed by atoms with Crippen molar-refractivity contribution in [3.8, 4) is 0 Å². The van der Waals surface area contributed by atoms with Crippen molar-refractivity contribution in [1.82, 2.24) is 10.6 Å². The number of rotatable bonds is 5. The van der Waals surface area contributed by atoms with E-state index in [1.54, 1.807) is 48.5 Å². The van der Waals surface area contributed by atoms with E-state index in [-0.39, 0.29) is 53.2 Å². The minimum Gasteiger partial charge on any atom is -0.308 e. The molecule has 1 fully saturated rings. The molecule has 0 aromatic heterocycles. The SMILES string of the molecule is O=C(NC1=NN=C2N=C([C@]3([C@H]4N=C5N=NC(NC(=O)Nc6ccc(Cl)cc6)=C5C4=O)CCCC3=O)C(=O)[C@@H]21)Nc1ccc(Cl)cc1. The molecule has 0 saturated heterocycles. The number of hydrogen-bond acceptors (Lipinski definition) is 11. The number of azo groups is 1. The number of Topliss-reactive ketones (excluding diaryl/α,β-unsaturated/α-hetero) is 3. The Hall–Kier alpha value is -5.41. The fraction of sp³-hybridized carbons (Fsp3) is 0.207. The first-order valence-corrected chi connectivity index (χ1v) is 14.7. The molecule has 4 amide bonds. The fourth-order valence-electron chi connectivity index (χ4n) is 5.93. The van der Waals surface area contributed by atoms with Crippen molar-refractivity contribution in [2.75, 3.05) is 10.6 Å². The highest BCUT2D eigenvalue weighted by atomic mass is 35.5. The Labute approximate surface area is 269 Å². The number of fused-ring (bicyclic) bond motifs is 2. The smallest absolute Gasteiger partial charge is 0.308 e. The molecule has 2 aromatic rings. The van der Waals surface area contributed by atoms with E-state index < -0.39 is 41.0 Å². The number of benzene rings is 2. The highest BCUT2D eigenvalue weighted by molar-refractivity contribution is 6.59. The molecule has 230 valence electrons. The summed E-state index contributed by atoms with van der Waals surface area (Å²) in [6.45, 7) is 0. The molecular weight excluding hydrogens is 639 g/mol. The van der Waals surface area contributed by atoms with Gasteiger partial charge >= 0.3 is 12.1 Å². The van der Waals surface area contributed by atoms with Crippen molar-refractivity contribution in [3.63, 3.8) is 0 Å². The van der Waals surface area contributed by atoms with Crippen LogP contribution in [0.3, 0.4) is 0 Å². The summed E-state index contributed by atoms with van der Waals surface area (Å²) in [5, 5.41) is 26.9. The summed E-state index contributed by atoms with van der Waals surface area (Å²) in [6.07, 6.45) is 0.593. The molecular formula is C29H20Cl2N10O5. The molecule has 0 unspecified atom stereocenters. The van der Waals surface area contributed by atoms with Crippen LogP contribution in [0.1, 0.15) is 19.3 Å². The average Bonchev–Trinajstić information content (AvgIpc) is 3.83. The maximum absolute atomic E-state index is 13.9. The minimum absolute atomic E-state index is 0.0145. The summed E-state index contributed by atoms with van der Waals surface area (Å²) in [5.41, 5.74) is -1.08. The molecule has 15 nitrogen and oxygen atoms in total. The monoisotopic (exact) mass is 658 g/mol. The van der Waals surface area contributed by atoms with Crippen molar-refractivity contribution < 1.29 is 24.0 Å². The highest BCUT2D eigenvalue weighted by Crippen LogP contribution is 2.47. The maximum atomic E-state index is 13.9. The van der Waals surface area contributed by atoms with Gasteiger partial charge in [0.25, 0.3) is 0 Å². The van der Waals surface area contributed by atoms with E-state index in [0.717, 1.165) is 0 Å². The van der Waals surface area contributed by atoms with E-state index >= 15 is 0 Å². The first kappa shape index (κ1) is 29.3. The third-order valence-corrected chi connectivity index (χ3v) is 8.51. The number of urea groups is 2. The molecule has 3 atom stereocenters. The summed E-state index contributed by atoms with van der Waals surface area (Å²) in [4.78, 5) is 75.6. The van der Waals surface area contributed by atoms with Gasteiger partial charge in [-0.15, -0.1) is 20.4 Å². The fourth-order valence-corrected chi connectivity index (χ4v) is 6.18. The molecule has 0 radical (unpaired) electrons. The lowest BCUT2D eigenvalue weighted by Crippen LogP contribution is -2.51. The molecule has 0 spiro atoms. The molecule has 5 aliphatic rings. The van der Waals surface area contributed by atoms with Crippen LogP contribution in [0.15, 0.2) is 90.3 Å². The lowest BCUT2D eigenvalue weighted by molar-refractivity contribution is -0.128. The number of nitrogens with zero attached hydrogens (tertiary/aromatic N) is 6. The zero-order chi connectivity index (χ0) is 32.2. The van der Waals surface area contributed by atoms with Gasteiger partial charge in [0.2, 0.25) is 0 Å². The topological polar surface area (TPSA) is 208 Å². The molecule has 1 saturated carbocycles. The lowest BCUT2D eigenvalue weighted by atomic mass is 9.70. The predicted octanol–water partition coefficient (Wildman–Crippen LogP) is 4.07. The molecule has 4 aliphatic heterocycles. The Balaban J connectivity index is 1.11. The third-order valence-electron chi connectivity index (χ3n) is 8.00. The van der Waals surface area contributed by atoms with Gasteiger partial charge in [-0.25, -0.2) is 14.6 Å². The Kier molecular flexibility index (Phi) is 7.13. The van der Waals surface area contributed by atoms with Crippen molar-refractivity contribution in [1.29, 1.82) is 0 Å². The van der Waals surface area contributed by atoms with Crippen molar-refractivity contribution >= 4 is 87.2 Å². The van der Waals surface area contributed by atoms with Crippen LogP contribution in [0, 0.1) is 11.3 Å². The van der Waals surface area contributed by atoms with Crippen LogP contribution in [-0.2, 0) is 14.4 Å². The number of carbonyl (C=O) groups excluding carboxylic acids is 5. The summed E-state index contributed by atoms with van der Waals surface area (Å²) >= 11 is 11.8. The van der Waals surface area contributed by atoms with Gasteiger partial charge in [0.05, 0.1) is 0 Å². The summed E-state index contributed by atoms with van der Waals surface area (Å²) < 4.78 is 0. The zero-order valence-corrected chi connectivity index (χ0v) is 24.9. The Morgan fingerprint density at radius 2 is 1.41 bits per heavy atom. The van der Waals surface area contributed by atoms with Gasteiger partial charge in [0, 0.05) is 27.8 Å². The number of nitrogens with one attached hydrogen (secondary N) is 4. The number of amidine groups is 3. The third kappa shape index (κ3) is 4.89. The quantitative estimate of drug-likeness (QED) is 0.373. The lowest BCUT2D eigenvalue weighted by Gasteiger charge is -2.30. The predicted molar refractivity (Wildman–Crippen MR) is 167 cm³/mol. The number of anilines is 2. The van der Waals surface area contributed by atoms with Gasteiger partial charge in [-0.05, 0) is 61.4 Å². The van der Waals surface area contributed by atoms with Crippen molar-refractivity contribution in [2.24, 2.45) is 41.7 Å². The highest BCUT2D eigenvalue weighted by Gasteiger charge is 2.63. The van der Waals surface area contributed by atoms with E-state index in [1.165, 1.54) is 0 Å². The van der Waals surface area contributed by atoms with Crippen LogP contribution in [0.4, 0.5) is 21.0 Å². The molecule has 2 aromatic carbocycles. The van der Waals surface area contributed by atoms with Crippen LogP contribution in [0.25, 0.3) is 0 Å². The summed E-state index contributed by atoms with van der Waals surface area (Å²) in [7, 11) is 0. The van der Waals surface area contributed by atoms with E-state index in [9.17, 15) is 24.0 Å². The van der Waals surface area contributed by atoms with Crippen LogP contribution < -0.4 is 21.3 Å². The zero-order valence-electron chi connectivity index (χ0n) is 23.4. The Morgan fingerprint density at radius 3 is 2.02 bits per heavy atom. The van der Waals surface area contributed by atoms with E-state index in [1.807, 2.05) is 0 Å². The second kappa shape index (κ2) is 11.2. The van der Waals surface area contributed by atoms with Crippen molar-refractivity contribution in [3.05, 3.63) is 70.0 Å². The second-order valence-electron chi connectivity index (χ2n) is 10.8. The number of ketones is 3. The number of carbonyl (C=O) groups is 5. The van der Waals surface area contributed by atoms with E-state index in [4.69, 9.17) is 23.2 Å². The standard InChI is InChI=1S/C29H20Cl2N10O5/c30-12-3-7-14(8-4-12)32-27(45)36-25-17-19(43)21(34-23(17)38-40-25)29(11-1-2-16(29)42)22-20(44)18-24(35-22)39-41-26(18)37-28(46)33-15-9-5-13(31)6-10-15/h3-10,17,22H,1-2,11H2,(H2,33,37,46)(H2,32,36,40,45)/t17-,22-,29-/m0/s1. The first-order chi connectivity index (χ1) is 22.1. The Morgan fingerprint density at radius 1 is 0.783 bits per heavy atom. The molecule has 1 aliphatic carbocycles. The minimum atomic E-state index is -1.70. The number of aliphatic imine (C=N–C) groups is 2. The molecule has 0 bridgehead atoms. The molecule has 17 heteroatoms. The number of hydrogen-bond donors (Lipinski definition) is 4. The van der Waals surface area contributed by atoms with Gasteiger partial charge in [-0.2, -0.15) is 0 Å². The molecule has 46 heavy (non-hydrogen) atoms. The normalized spacial score (nSPS) is 24.3. The first-order valence-electron chi connectivity index (χ1n) is 13.9. The van der Waals surface area contributed by atoms with Crippen LogP contribution in [0.2, 0.25) is 10.0 Å².